The van der Waals surface area contributed by atoms with Crippen molar-refractivity contribution in [2.45, 2.75) is 43.9 Å². The van der Waals surface area contributed by atoms with E-state index in [1.54, 1.807) is 10.4 Å². The van der Waals surface area contributed by atoms with E-state index >= 15 is 0 Å². The van der Waals surface area contributed by atoms with E-state index in [4.69, 9.17) is 4.99 Å². The van der Waals surface area contributed by atoms with Gasteiger partial charge in [0.25, 0.3) is 5.92 Å². The van der Waals surface area contributed by atoms with Gasteiger partial charge >= 0.3 is 0 Å². The summed E-state index contributed by atoms with van der Waals surface area (Å²) in [6, 6.07) is 23.0. The highest BCUT2D eigenvalue weighted by Gasteiger charge is 2.47. The molecule has 0 spiro atoms. The monoisotopic (exact) mass is 468 g/mol. The first-order valence-corrected chi connectivity index (χ1v) is 11.7. The molecule has 172 valence electrons. The maximum absolute atomic E-state index is 14.5. The second-order valence-electron chi connectivity index (χ2n) is 9.25. The molecule has 0 radical (unpaired) electrons. The van der Waals surface area contributed by atoms with E-state index in [0.717, 1.165) is 11.1 Å². The van der Waals surface area contributed by atoms with Crippen LogP contribution in [0, 0.1) is 5.82 Å². The lowest BCUT2D eigenvalue weighted by Crippen LogP contribution is -2.26. The molecule has 0 N–H and O–H groups in total. The molecule has 0 aromatic heterocycles. The number of benzene rings is 3. The molecule has 3 aromatic carbocycles. The largest absolute Gasteiger partial charge is 0.263 e. The Labute approximate surface area is 197 Å². The lowest BCUT2D eigenvalue weighted by atomic mass is 10.00. The van der Waals surface area contributed by atoms with Gasteiger partial charge in [0.15, 0.2) is 0 Å². The van der Waals surface area contributed by atoms with Crippen LogP contribution in [0.4, 0.5) is 18.9 Å². The van der Waals surface area contributed by atoms with Gasteiger partial charge in [0.2, 0.25) is 0 Å². The first-order valence-electron chi connectivity index (χ1n) is 10.9. The average molecular weight is 469 g/mol. The van der Waals surface area contributed by atoms with E-state index in [1.807, 2.05) is 81.4 Å². The third-order valence-corrected chi connectivity index (χ3v) is 6.46. The molecule has 1 aliphatic heterocycles. The molecule has 0 unspecified atom stereocenters. The molecule has 0 aliphatic carbocycles. The zero-order chi connectivity index (χ0) is 23.6. The van der Waals surface area contributed by atoms with Gasteiger partial charge in [-0.05, 0) is 38.5 Å². The van der Waals surface area contributed by atoms with E-state index in [1.165, 1.54) is 24.1 Å². The number of rotatable bonds is 5. The van der Waals surface area contributed by atoms with E-state index in [9.17, 15) is 13.2 Å². The number of hydrogen-bond donors (Lipinski definition) is 0. The van der Waals surface area contributed by atoms with Crippen molar-refractivity contribution in [1.29, 1.82) is 0 Å². The molecule has 6 heteroatoms. The van der Waals surface area contributed by atoms with Crippen molar-refractivity contribution in [3.63, 3.8) is 0 Å². The Morgan fingerprint density at radius 2 is 1.52 bits per heavy atom. The van der Waals surface area contributed by atoms with Gasteiger partial charge in [-0.2, -0.15) is 0 Å². The van der Waals surface area contributed by atoms with E-state index in [2.05, 4.69) is 0 Å². The van der Waals surface area contributed by atoms with Gasteiger partial charge in [-0.25, -0.2) is 22.5 Å². The van der Waals surface area contributed by atoms with Crippen molar-refractivity contribution in [3.05, 3.63) is 101 Å². The van der Waals surface area contributed by atoms with Crippen molar-refractivity contribution in [2.75, 3.05) is 6.54 Å². The highest BCUT2D eigenvalue weighted by molar-refractivity contribution is 7.98. The van der Waals surface area contributed by atoms with Crippen LogP contribution in [0.15, 0.2) is 83.9 Å². The van der Waals surface area contributed by atoms with Gasteiger partial charge in [0, 0.05) is 22.3 Å². The lowest BCUT2D eigenvalue weighted by Gasteiger charge is -2.30. The maximum Gasteiger partial charge on any atom is 0.263 e. The Kier molecular flexibility index (Phi) is 6.68. The van der Waals surface area contributed by atoms with E-state index < -0.39 is 17.8 Å². The Morgan fingerprint density at radius 3 is 2.06 bits per heavy atom. The summed E-state index contributed by atoms with van der Waals surface area (Å²) in [5, 5.41) is 0. The highest BCUT2D eigenvalue weighted by atomic mass is 32.2. The minimum atomic E-state index is -2.82. The van der Waals surface area contributed by atoms with Crippen LogP contribution in [0.2, 0.25) is 0 Å². The average Bonchev–Trinajstić information content (AvgIpc) is 3.05. The van der Waals surface area contributed by atoms with Gasteiger partial charge in [-0.1, -0.05) is 78.7 Å². The van der Waals surface area contributed by atoms with Crippen molar-refractivity contribution in [1.82, 2.24) is 4.31 Å². The summed E-state index contributed by atoms with van der Waals surface area (Å²) in [7, 11) is 0. The predicted octanol–water partition coefficient (Wildman–Crippen LogP) is 7.82. The molecule has 1 saturated heterocycles. The normalized spacial score (nSPS) is 18.3. The Bertz CT molecular complexity index is 1080. The molecule has 3 aromatic rings. The number of hydrogen-bond acceptors (Lipinski definition) is 3. The molecule has 0 amide bonds. The van der Waals surface area contributed by atoms with Crippen molar-refractivity contribution in [3.8, 4) is 0 Å². The van der Waals surface area contributed by atoms with Gasteiger partial charge in [0.1, 0.15) is 5.82 Å². The quantitative estimate of drug-likeness (QED) is 0.280. The van der Waals surface area contributed by atoms with Crippen LogP contribution < -0.4 is 0 Å². The molecule has 1 fully saturated rings. The van der Waals surface area contributed by atoms with E-state index in [0.29, 0.717) is 17.0 Å². The Balaban J connectivity index is 1.84. The summed E-state index contributed by atoms with van der Waals surface area (Å²) in [5.41, 5.74) is 3.39. The van der Waals surface area contributed by atoms with E-state index in [-0.39, 0.29) is 17.7 Å². The van der Waals surface area contributed by atoms with Gasteiger partial charge in [-0.15, -0.1) is 0 Å². The zero-order valence-corrected chi connectivity index (χ0v) is 19.8. The smallest absolute Gasteiger partial charge is 0.247 e. The molecule has 2 nitrogen and oxygen atoms in total. The molecule has 1 aliphatic rings. The molecule has 33 heavy (non-hydrogen) atoms. The number of nitrogens with zero attached hydrogens (tertiary/aromatic N) is 2. The molecule has 1 atom stereocenters. The standard InChI is InChI=1S/C27H27F3N2S/c1-26(2,3)33-32-18-27(29,30)17-24(32)22-15-14-21(28)16-23(22)31-25(19-10-6-4-7-11-19)20-12-8-5-9-13-20/h4-16,24H,17-18H2,1-3H3/t24-/m1/s1. The third kappa shape index (κ3) is 5.87. The van der Waals surface area contributed by atoms with Crippen LogP contribution in [-0.2, 0) is 0 Å². The minimum absolute atomic E-state index is 0.235. The summed E-state index contributed by atoms with van der Waals surface area (Å²) in [6.07, 6.45) is -0.323. The summed E-state index contributed by atoms with van der Waals surface area (Å²) < 4.78 is 45.0. The molecule has 4 rings (SSSR count). The van der Waals surface area contributed by atoms with Crippen LogP contribution in [0.25, 0.3) is 0 Å². The SMILES string of the molecule is CC(C)(C)SN1CC(F)(F)C[C@@H]1c1ccc(F)cc1N=C(c1ccccc1)c1ccccc1. The summed E-state index contributed by atoms with van der Waals surface area (Å²) in [6.45, 7) is 5.65. The second-order valence-corrected chi connectivity index (χ2v) is 11.1. The topological polar surface area (TPSA) is 15.6 Å². The van der Waals surface area contributed by atoms with Crippen molar-refractivity contribution < 1.29 is 13.2 Å². The second kappa shape index (κ2) is 9.35. The number of aliphatic imine (C=N–C) groups is 1. The fourth-order valence-electron chi connectivity index (χ4n) is 4.00. The predicted molar refractivity (Wildman–Crippen MR) is 131 cm³/mol. The molecule has 1 heterocycles. The molecule has 0 saturated carbocycles. The zero-order valence-electron chi connectivity index (χ0n) is 18.9. The fourth-order valence-corrected chi connectivity index (χ4v) is 5.28. The Hall–Kier alpha value is -2.57. The van der Waals surface area contributed by atoms with Gasteiger partial charge in [0.05, 0.1) is 24.0 Å². The number of alkyl halides is 2. The van der Waals surface area contributed by atoms with Crippen molar-refractivity contribution >= 4 is 23.3 Å². The lowest BCUT2D eigenvalue weighted by molar-refractivity contribution is 0.0176. The first-order chi connectivity index (χ1) is 15.6. The van der Waals surface area contributed by atoms with Crippen LogP contribution in [-0.4, -0.2) is 27.2 Å². The van der Waals surface area contributed by atoms with Crippen LogP contribution in [0.5, 0.6) is 0 Å². The van der Waals surface area contributed by atoms with Gasteiger partial charge < -0.3 is 0 Å². The summed E-state index contributed by atoms with van der Waals surface area (Å²) >= 11 is 1.41. The molecular weight excluding hydrogens is 441 g/mol. The summed E-state index contributed by atoms with van der Waals surface area (Å²) in [5.74, 6) is -3.27. The fraction of sp³-hybridized carbons (Fsp3) is 0.296. The van der Waals surface area contributed by atoms with Crippen LogP contribution in [0.3, 0.4) is 0 Å². The van der Waals surface area contributed by atoms with Gasteiger partial charge in [-0.3, -0.25) is 0 Å². The maximum atomic E-state index is 14.5. The Morgan fingerprint density at radius 1 is 0.939 bits per heavy atom. The molecule has 0 bridgehead atoms. The summed E-state index contributed by atoms with van der Waals surface area (Å²) in [4.78, 5) is 4.88. The highest BCUT2D eigenvalue weighted by Crippen LogP contribution is 2.49. The number of halogens is 3. The van der Waals surface area contributed by atoms with Crippen molar-refractivity contribution in [2.24, 2.45) is 4.99 Å². The van der Waals surface area contributed by atoms with Crippen LogP contribution >= 0.6 is 11.9 Å². The molecular formula is C27H27F3N2S. The van der Waals surface area contributed by atoms with Crippen LogP contribution in [0.1, 0.15) is 49.9 Å². The minimum Gasteiger partial charge on any atom is -0.247 e. The third-order valence-electron chi connectivity index (χ3n) is 5.30. The first kappa shape index (κ1) is 23.6.